The lowest BCUT2D eigenvalue weighted by atomic mass is 10.6. The van der Waals surface area contributed by atoms with E-state index in [2.05, 4.69) is 0 Å². The number of methoxy groups -OCH3 is 1. The molecule has 0 fully saturated rings. The minimum absolute atomic E-state index is 0.106. The number of nitrogens with zero attached hydrogens (tertiary/aromatic N) is 2. The van der Waals surface area contributed by atoms with Gasteiger partial charge in [0.25, 0.3) is 0 Å². The summed E-state index contributed by atoms with van der Waals surface area (Å²) in [4.78, 5) is 11.0. The van der Waals surface area contributed by atoms with Gasteiger partial charge in [0.2, 0.25) is 5.75 Å². The van der Waals surface area contributed by atoms with Crippen molar-refractivity contribution in [3.8, 4) is 5.75 Å². The van der Waals surface area contributed by atoms with Crippen molar-refractivity contribution < 1.29 is 4.74 Å². The lowest BCUT2D eigenvalue weighted by molar-refractivity contribution is 0.409. The summed E-state index contributed by atoms with van der Waals surface area (Å²) in [6, 6.07) is 0. The highest BCUT2D eigenvalue weighted by Crippen LogP contribution is 1.98. The van der Waals surface area contributed by atoms with Gasteiger partial charge in [0.05, 0.1) is 13.3 Å². The second kappa shape index (κ2) is 2.21. The number of hydrogen-bond donors (Lipinski definition) is 0. The van der Waals surface area contributed by atoms with Crippen LogP contribution in [-0.4, -0.2) is 16.5 Å². The van der Waals surface area contributed by atoms with Crippen LogP contribution in [0.25, 0.3) is 0 Å². The monoisotopic (exact) mass is 142 g/mol. The predicted octanol–water partition coefficient (Wildman–Crippen LogP) is -0.268. The van der Waals surface area contributed by atoms with Gasteiger partial charge >= 0.3 is 5.56 Å². The Kier molecular flexibility index (Phi) is 1.53. The quantitative estimate of drug-likeness (QED) is 0.541. The van der Waals surface area contributed by atoms with E-state index in [0.29, 0.717) is 5.75 Å². The van der Waals surface area contributed by atoms with Crippen molar-refractivity contribution in [3.05, 3.63) is 16.6 Å². The largest absolute Gasteiger partial charge is 0.490 e. The maximum atomic E-state index is 11.0. The molecule has 0 aliphatic rings. The zero-order valence-corrected chi connectivity index (χ0v) is 6.29. The highest BCUT2D eigenvalue weighted by molar-refractivity contribution is 5.12. The molecule has 0 atom stereocenters. The Morgan fingerprint density at radius 1 is 1.50 bits per heavy atom. The van der Waals surface area contributed by atoms with Gasteiger partial charge in [-0.25, -0.2) is 0 Å². The van der Waals surface area contributed by atoms with Crippen LogP contribution in [0.4, 0.5) is 0 Å². The van der Waals surface area contributed by atoms with Gasteiger partial charge in [-0.1, -0.05) is 0 Å². The molecule has 0 saturated carbocycles. The number of aryl methyl sites for hydroxylation is 1. The van der Waals surface area contributed by atoms with Crippen LogP contribution in [0, 0.1) is 0 Å². The first-order chi connectivity index (χ1) is 4.66. The normalized spacial score (nSPS) is 9.90. The molecule has 4 nitrogen and oxygen atoms in total. The smallest absolute Gasteiger partial charge is 0.308 e. The third kappa shape index (κ3) is 0.814. The van der Waals surface area contributed by atoms with Crippen LogP contribution in [0.1, 0.15) is 0 Å². The topological polar surface area (TPSA) is 36.2 Å². The summed E-state index contributed by atoms with van der Waals surface area (Å²) in [6.07, 6.45) is 1.64. The molecule has 0 aliphatic carbocycles. The lowest BCUT2D eigenvalue weighted by Gasteiger charge is -1.93. The van der Waals surface area contributed by atoms with Crippen molar-refractivity contribution in [2.45, 2.75) is 0 Å². The molecule has 0 aromatic carbocycles. The molecule has 0 aliphatic heterocycles. The summed E-state index contributed by atoms with van der Waals surface area (Å²) in [5.41, 5.74) is -0.106. The molecule has 0 unspecified atom stereocenters. The van der Waals surface area contributed by atoms with Crippen molar-refractivity contribution >= 4 is 0 Å². The Bertz CT molecular complexity index is 284. The third-order valence-electron chi connectivity index (χ3n) is 1.50. The van der Waals surface area contributed by atoms with Gasteiger partial charge in [-0.15, -0.1) is 0 Å². The lowest BCUT2D eigenvalue weighted by Crippen LogP contribution is -2.17. The highest BCUT2D eigenvalue weighted by atomic mass is 16.5. The van der Waals surface area contributed by atoms with Crippen LogP contribution in [0.3, 0.4) is 0 Å². The minimum atomic E-state index is -0.106. The highest BCUT2D eigenvalue weighted by Gasteiger charge is 2.03. The zero-order valence-electron chi connectivity index (χ0n) is 6.29. The van der Waals surface area contributed by atoms with Crippen LogP contribution < -0.4 is 10.3 Å². The second-order valence-corrected chi connectivity index (χ2v) is 2.10. The predicted molar refractivity (Wildman–Crippen MR) is 37.2 cm³/mol. The molecule has 0 amide bonds. The van der Waals surface area contributed by atoms with Crippen molar-refractivity contribution in [2.75, 3.05) is 7.11 Å². The standard InChI is InChI=1S/C6H10N2O2/c1-7-4-5(10-3)6(9)8(7)2/h4H,1-3H3. The minimum Gasteiger partial charge on any atom is -0.490 e. The van der Waals surface area contributed by atoms with E-state index in [0.717, 1.165) is 0 Å². The fourth-order valence-electron chi connectivity index (χ4n) is 0.754. The van der Waals surface area contributed by atoms with Crippen molar-refractivity contribution in [1.82, 2.24) is 9.36 Å². The Hall–Kier alpha value is -1.19. The van der Waals surface area contributed by atoms with E-state index in [1.54, 1.807) is 25.0 Å². The van der Waals surface area contributed by atoms with E-state index in [1.165, 1.54) is 11.8 Å². The fraction of sp³-hybridized carbons (Fsp3) is 0.500. The van der Waals surface area contributed by atoms with E-state index in [-0.39, 0.29) is 5.56 Å². The maximum Gasteiger partial charge on any atom is 0.308 e. The van der Waals surface area contributed by atoms with E-state index >= 15 is 0 Å². The Labute approximate surface area is 58.6 Å². The second-order valence-electron chi connectivity index (χ2n) is 2.10. The summed E-state index contributed by atoms with van der Waals surface area (Å²) in [6.45, 7) is 0. The van der Waals surface area contributed by atoms with Crippen molar-refractivity contribution in [3.63, 3.8) is 0 Å². The first-order valence-corrected chi connectivity index (χ1v) is 2.93. The van der Waals surface area contributed by atoms with Gasteiger partial charge in [0.15, 0.2) is 0 Å². The molecule has 0 bridgehead atoms. The molecule has 0 spiro atoms. The van der Waals surface area contributed by atoms with Gasteiger partial charge in [-0.3, -0.25) is 14.2 Å². The molecule has 1 aromatic rings. The molecule has 0 radical (unpaired) electrons. The van der Waals surface area contributed by atoms with Crippen LogP contribution in [0.5, 0.6) is 5.75 Å². The Morgan fingerprint density at radius 3 is 2.30 bits per heavy atom. The van der Waals surface area contributed by atoms with Gasteiger partial charge in [-0.05, 0) is 0 Å². The van der Waals surface area contributed by atoms with Crippen LogP contribution in [0.15, 0.2) is 11.0 Å². The molecule has 10 heavy (non-hydrogen) atoms. The average Bonchev–Trinajstić information content (AvgIpc) is 2.17. The van der Waals surface area contributed by atoms with Crippen LogP contribution >= 0.6 is 0 Å². The Morgan fingerprint density at radius 2 is 2.10 bits per heavy atom. The summed E-state index contributed by atoms with van der Waals surface area (Å²) >= 11 is 0. The maximum absolute atomic E-state index is 11.0. The van der Waals surface area contributed by atoms with Gasteiger partial charge in [-0.2, -0.15) is 0 Å². The van der Waals surface area contributed by atoms with Gasteiger partial charge in [0.1, 0.15) is 0 Å². The number of ether oxygens (including phenoxy) is 1. The molecular formula is C6H10N2O2. The summed E-state index contributed by atoms with van der Waals surface area (Å²) in [5, 5.41) is 0. The molecule has 4 heteroatoms. The van der Waals surface area contributed by atoms with E-state index in [1.807, 2.05) is 0 Å². The molecule has 0 N–H and O–H groups in total. The molecule has 0 saturated heterocycles. The van der Waals surface area contributed by atoms with E-state index < -0.39 is 0 Å². The third-order valence-corrected chi connectivity index (χ3v) is 1.50. The van der Waals surface area contributed by atoms with Crippen molar-refractivity contribution in [1.29, 1.82) is 0 Å². The van der Waals surface area contributed by atoms with E-state index in [4.69, 9.17) is 4.74 Å². The summed E-state index contributed by atoms with van der Waals surface area (Å²) < 4.78 is 7.93. The van der Waals surface area contributed by atoms with Gasteiger partial charge < -0.3 is 4.74 Å². The molecular weight excluding hydrogens is 132 g/mol. The molecule has 1 aromatic heterocycles. The average molecular weight is 142 g/mol. The summed E-state index contributed by atoms with van der Waals surface area (Å²) in [7, 11) is 4.95. The fourth-order valence-corrected chi connectivity index (χ4v) is 0.754. The number of rotatable bonds is 1. The number of aromatic nitrogens is 2. The van der Waals surface area contributed by atoms with Gasteiger partial charge in [0, 0.05) is 14.1 Å². The molecule has 1 rings (SSSR count). The SMILES string of the molecule is COc1cn(C)n(C)c1=O. The van der Waals surface area contributed by atoms with Crippen LogP contribution in [0.2, 0.25) is 0 Å². The number of hydrogen-bond acceptors (Lipinski definition) is 2. The van der Waals surface area contributed by atoms with E-state index in [9.17, 15) is 4.79 Å². The van der Waals surface area contributed by atoms with Crippen molar-refractivity contribution in [2.24, 2.45) is 14.1 Å². The van der Waals surface area contributed by atoms with Crippen LogP contribution in [-0.2, 0) is 14.1 Å². The molecule has 1 heterocycles. The molecule has 56 valence electrons. The first-order valence-electron chi connectivity index (χ1n) is 2.93. The Balaban J connectivity index is 3.31. The first kappa shape index (κ1) is 6.92. The zero-order chi connectivity index (χ0) is 7.72. The summed E-state index contributed by atoms with van der Waals surface area (Å²) in [5.74, 6) is 0.380.